The Hall–Kier alpha value is -1.84. The minimum Gasteiger partial charge on any atom is -0.350 e. The van der Waals surface area contributed by atoms with Gasteiger partial charge in [-0.05, 0) is 39.8 Å². The smallest absolute Gasteiger partial charge is 0.252 e. The summed E-state index contributed by atoms with van der Waals surface area (Å²) in [5.41, 5.74) is 1.69. The van der Waals surface area contributed by atoms with Crippen LogP contribution in [0.5, 0.6) is 0 Å². The third-order valence-corrected chi connectivity index (χ3v) is 2.79. The molecular weight excluding hydrogens is 226 g/mol. The Morgan fingerprint density at radius 3 is 2.61 bits per heavy atom. The Bertz CT molecular complexity index is 569. The van der Waals surface area contributed by atoms with Gasteiger partial charge in [0.25, 0.3) is 5.91 Å². The molecule has 2 aromatic rings. The molecule has 0 radical (unpaired) electrons. The number of amides is 1. The molecule has 0 saturated carbocycles. The zero-order valence-electron chi connectivity index (χ0n) is 11.3. The van der Waals surface area contributed by atoms with Crippen molar-refractivity contribution in [1.29, 1.82) is 0 Å². The molecule has 0 atom stereocenters. The van der Waals surface area contributed by atoms with Crippen molar-refractivity contribution in [2.75, 3.05) is 0 Å². The standard InChI is InChI=1S/C14H19N3O/c1-9(2)16-14(18)11-6-5-7-13-12(11)8-15-17(13)10(3)4/h5-10H,1-4H3,(H,16,18). The van der Waals surface area contributed by atoms with Crippen molar-refractivity contribution in [1.82, 2.24) is 15.1 Å². The summed E-state index contributed by atoms with van der Waals surface area (Å²) in [7, 11) is 0. The van der Waals surface area contributed by atoms with E-state index in [1.165, 1.54) is 0 Å². The Balaban J connectivity index is 2.50. The van der Waals surface area contributed by atoms with Gasteiger partial charge < -0.3 is 5.32 Å². The summed E-state index contributed by atoms with van der Waals surface area (Å²) in [5.74, 6) is -0.0427. The highest BCUT2D eigenvalue weighted by molar-refractivity contribution is 6.06. The van der Waals surface area contributed by atoms with Gasteiger partial charge in [-0.1, -0.05) is 6.07 Å². The largest absolute Gasteiger partial charge is 0.350 e. The van der Waals surface area contributed by atoms with Crippen LogP contribution in [0.3, 0.4) is 0 Å². The average Bonchev–Trinajstić information content (AvgIpc) is 2.71. The highest BCUT2D eigenvalue weighted by Crippen LogP contribution is 2.21. The van der Waals surface area contributed by atoms with Gasteiger partial charge >= 0.3 is 0 Å². The lowest BCUT2D eigenvalue weighted by atomic mass is 10.1. The zero-order valence-corrected chi connectivity index (χ0v) is 11.3. The van der Waals surface area contributed by atoms with Crippen molar-refractivity contribution in [3.63, 3.8) is 0 Å². The fourth-order valence-electron chi connectivity index (χ4n) is 2.02. The van der Waals surface area contributed by atoms with E-state index < -0.39 is 0 Å². The molecule has 0 aliphatic rings. The maximum atomic E-state index is 12.1. The number of carbonyl (C=O) groups is 1. The van der Waals surface area contributed by atoms with Crippen LogP contribution in [-0.2, 0) is 0 Å². The lowest BCUT2D eigenvalue weighted by Gasteiger charge is -2.10. The number of nitrogens with zero attached hydrogens (tertiary/aromatic N) is 2. The average molecular weight is 245 g/mol. The van der Waals surface area contributed by atoms with E-state index in [2.05, 4.69) is 24.3 Å². The Morgan fingerprint density at radius 1 is 1.28 bits per heavy atom. The number of nitrogens with one attached hydrogen (secondary N) is 1. The first kappa shape index (κ1) is 12.6. The predicted octanol–water partition coefficient (Wildman–Crippen LogP) is 2.76. The predicted molar refractivity (Wildman–Crippen MR) is 72.7 cm³/mol. The Labute approximate surface area is 107 Å². The summed E-state index contributed by atoms with van der Waals surface area (Å²) in [6, 6.07) is 6.15. The van der Waals surface area contributed by atoms with Crippen LogP contribution in [-0.4, -0.2) is 21.7 Å². The number of hydrogen-bond donors (Lipinski definition) is 1. The van der Waals surface area contributed by atoms with E-state index in [-0.39, 0.29) is 18.0 Å². The van der Waals surface area contributed by atoms with Crippen LogP contribution in [0, 0.1) is 0 Å². The van der Waals surface area contributed by atoms with Crippen LogP contribution in [0.15, 0.2) is 24.4 Å². The first-order valence-electron chi connectivity index (χ1n) is 6.27. The molecule has 18 heavy (non-hydrogen) atoms. The van der Waals surface area contributed by atoms with Gasteiger partial charge in [-0.15, -0.1) is 0 Å². The van der Waals surface area contributed by atoms with Gasteiger partial charge in [0.05, 0.1) is 17.3 Å². The summed E-state index contributed by atoms with van der Waals surface area (Å²) >= 11 is 0. The second-order valence-corrected chi connectivity index (χ2v) is 5.05. The summed E-state index contributed by atoms with van der Waals surface area (Å²) in [4.78, 5) is 12.1. The fraction of sp³-hybridized carbons (Fsp3) is 0.429. The molecule has 1 aromatic heterocycles. The zero-order chi connectivity index (χ0) is 13.3. The molecule has 2 rings (SSSR count). The van der Waals surface area contributed by atoms with E-state index >= 15 is 0 Å². The van der Waals surface area contributed by atoms with Crippen LogP contribution >= 0.6 is 0 Å². The molecule has 4 nitrogen and oxygen atoms in total. The monoisotopic (exact) mass is 245 g/mol. The van der Waals surface area contributed by atoms with Crippen LogP contribution < -0.4 is 5.32 Å². The quantitative estimate of drug-likeness (QED) is 0.903. The van der Waals surface area contributed by atoms with Crippen LogP contribution in [0.2, 0.25) is 0 Å². The van der Waals surface area contributed by atoms with Crippen molar-refractivity contribution in [3.8, 4) is 0 Å². The van der Waals surface area contributed by atoms with Crippen molar-refractivity contribution in [2.45, 2.75) is 39.8 Å². The third-order valence-electron chi connectivity index (χ3n) is 2.79. The van der Waals surface area contributed by atoms with Gasteiger partial charge in [0, 0.05) is 17.5 Å². The number of aromatic nitrogens is 2. The molecule has 0 aliphatic carbocycles. The van der Waals surface area contributed by atoms with Crippen LogP contribution in [0.4, 0.5) is 0 Å². The normalized spacial score (nSPS) is 11.4. The van der Waals surface area contributed by atoms with Crippen molar-refractivity contribution < 1.29 is 4.79 Å². The molecule has 96 valence electrons. The van der Waals surface area contributed by atoms with Gasteiger partial charge in [0.2, 0.25) is 0 Å². The molecule has 0 spiro atoms. The van der Waals surface area contributed by atoms with Gasteiger partial charge in [-0.3, -0.25) is 9.48 Å². The molecule has 0 bridgehead atoms. The number of benzene rings is 1. The lowest BCUT2D eigenvalue weighted by molar-refractivity contribution is 0.0945. The SMILES string of the molecule is CC(C)NC(=O)c1cccc2c1cnn2C(C)C. The first-order chi connectivity index (χ1) is 8.50. The third kappa shape index (κ3) is 2.23. The van der Waals surface area contributed by atoms with Crippen molar-refractivity contribution in [3.05, 3.63) is 30.0 Å². The lowest BCUT2D eigenvalue weighted by Crippen LogP contribution is -2.30. The van der Waals surface area contributed by atoms with E-state index in [1.54, 1.807) is 6.20 Å². The van der Waals surface area contributed by atoms with Crippen LogP contribution in [0.1, 0.15) is 44.1 Å². The Kier molecular flexibility index (Phi) is 3.36. The maximum Gasteiger partial charge on any atom is 0.252 e. The van der Waals surface area contributed by atoms with Crippen LogP contribution in [0.25, 0.3) is 10.9 Å². The van der Waals surface area contributed by atoms with E-state index in [0.717, 1.165) is 10.9 Å². The highest BCUT2D eigenvalue weighted by atomic mass is 16.1. The van der Waals surface area contributed by atoms with Gasteiger partial charge in [-0.25, -0.2) is 0 Å². The number of carbonyl (C=O) groups excluding carboxylic acids is 1. The summed E-state index contributed by atoms with van der Waals surface area (Å²) in [6.07, 6.45) is 1.77. The van der Waals surface area contributed by atoms with Gasteiger partial charge in [-0.2, -0.15) is 5.10 Å². The molecule has 1 aromatic carbocycles. The molecule has 0 saturated heterocycles. The second kappa shape index (κ2) is 4.80. The van der Waals surface area contributed by atoms with Crippen molar-refractivity contribution >= 4 is 16.8 Å². The van der Waals surface area contributed by atoms with Crippen molar-refractivity contribution in [2.24, 2.45) is 0 Å². The summed E-state index contributed by atoms with van der Waals surface area (Å²) in [6.45, 7) is 8.06. The molecule has 0 fully saturated rings. The number of rotatable bonds is 3. The molecule has 1 N–H and O–H groups in total. The highest BCUT2D eigenvalue weighted by Gasteiger charge is 2.14. The molecular formula is C14H19N3O. The Morgan fingerprint density at radius 2 is 2.00 bits per heavy atom. The first-order valence-corrected chi connectivity index (χ1v) is 6.27. The number of hydrogen-bond acceptors (Lipinski definition) is 2. The maximum absolute atomic E-state index is 12.1. The molecule has 1 amide bonds. The minimum atomic E-state index is -0.0427. The molecule has 4 heteroatoms. The number of fused-ring (bicyclic) bond motifs is 1. The summed E-state index contributed by atoms with van der Waals surface area (Å²) in [5, 5.41) is 8.17. The van der Waals surface area contributed by atoms with E-state index in [9.17, 15) is 4.79 Å². The molecule has 0 aliphatic heterocycles. The second-order valence-electron chi connectivity index (χ2n) is 5.05. The summed E-state index contributed by atoms with van der Waals surface area (Å²) < 4.78 is 1.93. The molecule has 1 heterocycles. The fourth-order valence-corrected chi connectivity index (χ4v) is 2.02. The minimum absolute atomic E-state index is 0.0427. The molecule has 0 unspecified atom stereocenters. The van der Waals surface area contributed by atoms with E-state index in [4.69, 9.17) is 0 Å². The van der Waals surface area contributed by atoms with Gasteiger partial charge in [0.1, 0.15) is 0 Å². The van der Waals surface area contributed by atoms with E-state index in [0.29, 0.717) is 5.56 Å². The van der Waals surface area contributed by atoms with E-state index in [1.807, 2.05) is 36.7 Å². The van der Waals surface area contributed by atoms with Gasteiger partial charge in [0.15, 0.2) is 0 Å². The topological polar surface area (TPSA) is 46.9 Å².